The van der Waals surface area contributed by atoms with Gasteiger partial charge in [0.1, 0.15) is 11.5 Å². The highest BCUT2D eigenvalue weighted by Gasteiger charge is 2.37. The van der Waals surface area contributed by atoms with Crippen LogP contribution in [0.2, 0.25) is 0 Å². The largest absolute Gasteiger partial charge is 0.481 e. The fourth-order valence-corrected chi connectivity index (χ4v) is 3.71. The van der Waals surface area contributed by atoms with E-state index < -0.39 is 11.9 Å². The Hall–Kier alpha value is -3.72. The van der Waals surface area contributed by atoms with Gasteiger partial charge < -0.3 is 19.9 Å². The lowest BCUT2D eigenvalue weighted by atomic mass is 10.1. The predicted octanol–water partition coefficient (Wildman–Crippen LogP) is 3.06. The molecule has 9 nitrogen and oxygen atoms in total. The van der Waals surface area contributed by atoms with E-state index in [0.29, 0.717) is 29.4 Å². The Morgan fingerprint density at radius 3 is 2.59 bits per heavy atom. The molecule has 1 atom stereocenters. The number of rotatable bonds is 8. The Kier molecular flexibility index (Phi) is 6.18. The highest BCUT2D eigenvalue weighted by molar-refractivity contribution is 6.21. The van der Waals surface area contributed by atoms with Crippen LogP contribution in [0.5, 0.6) is 11.5 Å². The summed E-state index contributed by atoms with van der Waals surface area (Å²) >= 11 is 0. The maximum Gasteiger partial charge on any atom is 0.303 e. The van der Waals surface area contributed by atoms with E-state index in [1.807, 2.05) is 0 Å². The normalized spacial score (nSPS) is 17.4. The third-order valence-corrected chi connectivity index (χ3v) is 5.27. The minimum atomic E-state index is -1.05. The van der Waals surface area contributed by atoms with Gasteiger partial charge in [0.25, 0.3) is 11.8 Å². The number of benzene rings is 2. The van der Waals surface area contributed by atoms with Crippen molar-refractivity contribution in [2.24, 2.45) is 0 Å². The van der Waals surface area contributed by atoms with Crippen LogP contribution < -0.4 is 10.1 Å². The lowest BCUT2D eigenvalue weighted by Crippen LogP contribution is -2.36. The van der Waals surface area contributed by atoms with Gasteiger partial charge in [-0.15, -0.1) is 0 Å². The molecule has 4 rings (SSSR count). The smallest absolute Gasteiger partial charge is 0.303 e. The van der Waals surface area contributed by atoms with E-state index >= 15 is 0 Å². The zero-order valence-electron chi connectivity index (χ0n) is 17.2. The lowest BCUT2D eigenvalue weighted by molar-refractivity contribution is -0.138. The molecule has 1 fully saturated rings. The number of imide groups is 1. The first-order valence-electron chi connectivity index (χ1n) is 10.3. The van der Waals surface area contributed by atoms with Gasteiger partial charge in [0.15, 0.2) is 0 Å². The van der Waals surface area contributed by atoms with Crippen molar-refractivity contribution in [1.29, 1.82) is 0 Å². The van der Waals surface area contributed by atoms with E-state index in [0.717, 1.165) is 12.8 Å². The van der Waals surface area contributed by atoms with E-state index in [9.17, 15) is 19.2 Å². The van der Waals surface area contributed by atoms with E-state index in [1.54, 1.807) is 36.4 Å². The van der Waals surface area contributed by atoms with Crippen molar-refractivity contribution in [2.75, 3.05) is 18.5 Å². The van der Waals surface area contributed by atoms with E-state index in [1.165, 1.54) is 11.0 Å². The van der Waals surface area contributed by atoms with Crippen LogP contribution in [0.3, 0.4) is 0 Å². The number of carbonyl (C=O) groups is 4. The number of nitrogens with one attached hydrogen (secondary N) is 1. The molecule has 0 bridgehead atoms. The Morgan fingerprint density at radius 1 is 1.06 bits per heavy atom. The van der Waals surface area contributed by atoms with Gasteiger partial charge in [0.05, 0.1) is 30.2 Å². The molecule has 9 heteroatoms. The molecule has 2 aliphatic heterocycles. The first-order chi connectivity index (χ1) is 15.4. The molecule has 3 amide bonds. The monoisotopic (exact) mass is 438 g/mol. The molecule has 0 aliphatic carbocycles. The van der Waals surface area contributed by atoms with Crippen LogP contribution in [0.4, 0.5) is 5.69 Å². The quantitative estimate of drug-likeness (QED) is 0.607. The molecule has 0 spiro atoms. The fourth-order valence-electron chi connectivity index (χ4n) is 3.71. The maximum absolute atomic E-state index is 12.8. The van der Waals surface area contributed by atoms with Crippen molar-refractivity contribution >= 4 is 29.4 Å². The van der Waals surface area contributed by atoms with Crippen LogP contribution in [-0.2, 0) is 14.3 Å². The van der Waals surface area contributed by atoms with Gasteiger partial charge in [-0.2, -0.15) is 0 Å². The summed E-state index contributed by atoms with van der Waals surface area (Å²) < 4.78 is 11.4. The van der Waals surface area contributed by atoms with Gasteiger partial charge in [-0.05, 0) is 43.2 Å². The summed E-state index contributed by atoms with van der Waals surface area (Å²) in [5.74, 6) is -1.38. The molecule has 2 aliphatic rings. The number of amides is 3. The summed E-state index contributed by atoms with van der Waals surface area (Å²) in [5, 5.41) is 11.3. The van der Waals surface area contributed by atoms with E-state index in [2.05, 4.69) is 5.32 Å². The molecule has 2 aromatic carbocycles. The minimum Gasteiger partial charge on any atom is -0.481 e. The number of carboxylic acids is 1. The van der Waals surface area contributed by atoms with Crippen molar-refractivity contribution in [2.45, 2.75) is 31.8 Å². The van der Waals surface area contributed by atoms with Crippen LogP contribution in [0, 0.1) is 0 Å². The molecule has 2 aromatic rings. The number of hydrogen-bond donors (Lipinski definition) is 2. The van der Waals surface area contributed by atoms with Crippen LogP contribution >= 0.6 is 0 Å². The number of carbonyl (C=O) groups excluding carboxylic acids is 3. The Morgan fingerprint density at radius 2 is 1.84 bits per heavy atom. The van der Waals surface area contributed by atoms with E-state index in [4.69, 9.17) is 14.6 Å². The van der Waals surface area contributed by atoms with Crippen molar-refractivity contribution in [3.05, 3.63) is 53.6 Å². The molecule has 0 saturated carbocycles. The predicted molar refractivity (Wildman–Crippen MR) is 113 cm³/mol. The molecule has 1 unspecified atom stereocenters. The minimum absolute atomic E-state index is 0.124. The third-order valence-electron chi connectivity index (χ3n) is 5.27. The summed E-state index contributed by atoms with van der Waals surface area (Å²) in [7, 11) is 0. The number of ether oxygens (including phenoxy) is 2. The third kappa shape index (κ3) is 4.78. The van der Waals surface area contributed by atoms with Gasteiger partial charge in [0.2, 0.25) is 5.91 Å². The molecular weight excluding hydrogens is 416 g/mol. The van der Waals surface area contributed by atoms with Gasteiger partial charge in [-0.3, -0.25) is 24.1 Å². The average molecular weight is 438 g/mol. The van der Waals surface area contributed by atoms with Crippen molar-refractivity contribution in [3.8, 4) is 11.5 Å². The number of anilines is 1. The van der Waals surface area contributed by atoms with Crippen LogP contribution in [0.15, 0.2) is 42.5 Å². The molecular formula is C23H22N2O7. The van der Waals surface area contributed by atoms with Crippen molar-refractivity contribution < 1.29 is 33.8 Å². The van der Waals surface area contributed by atoms with Crippen LogP contribution in [0.1, 0.15) is 46.4 Å². The number of aliphatic carboxylic acids is 1. The summed E-state index contributed by atoms with van der Waals surface area (Å²) in [6.07, 6.45) is 1.23. The second-order valence-electron chi connectivity index (χ2n) is 7.64. The highest BCUT2D eigenvalue weighted by Crippen LogP contribution is 2.31. The molecule has 2 N–H and O–H groups in total. The number of nitrogens with zero attached hydrogens (tertiary/aromatic N) is 1. The highest BCUT2D eigenvalue weighted by atomic mass is 16.5. The first kappa shape index (κ1) is 21.5. The molecule has 1 saturated heterocycles. The first-order valence-corrected chi connectivity index (χ1v) is 10.3. The average Bonchev–Trinajstić information content (AvgIpc) is 3.36. The topological polar surface area (TPSA) is 122 Å². The standard InChI is InChI=1S/C23H22N2O7/c26-20(8-9-21(27)28)24-14-3-1-4-15(11-14)32-16-6-7-18-19(12-16)23(30)25(22(18)29)13-17-5-2-10-31-17/h1,3-4,6-7,11-12,17H,2,5,8-10,13H2,(H,24,26)(H,27,28). The SMILES string of the molecule is O=C(O)CCC(=O)Nc1cccc(Oc2ccc3c(c2)C(=O)N(CC2CCCO2)C3=O)c1. The molecule has 0 aromatic heterocycles. The maximum atomic E-state index is 12.8. The molecule has 0 radical (unpaired) electrons. The zero-order valence-corrected chi connectivity index (χ0v) is 17.2. The second kappa shape index (κ2) is 9.19. The zero-order chi connectivity index (χ0) is 22.7. The second-order valence-corrected chi connectivity index (χ2v) is 7.64. The van der Waals surface area contributed by atoms with Crippen LogP contribution in [0.25, 0.3) is 0 Å². The Labute approximate surface area is 183 Å². The fraction of sp³-hybridized carbons (Fsp3) is 0.304. The summed E-state index contributed by atoms with van der Waals surface area (Å²) in [4.78, 5) is 49.1. The summed E-state index contributed by atoms with van der Waals surface area (Å²) in [6.45, 7) is 0.886. The summed E-state index contributed by atoms with van der Waals surface area (Å²) in [5.41, 5.74) is 1.07. The number of hydrogen-bond acceptors (Lipinski definition) is 6. The molecule has 32 heavy (non-hydrogen) atoms. The van der Waals surface area contributed by atoms with Crippen molar-refractivity contribution in [1.82, 2.24) is 4.90 Å². The van der Waals surface area contributed by atoms with Crippen LogP contribution in [-0.4, -0.2) is 53.0 Å². The summed E-state index contributed by atoms with van der Waals surface area (Å²) in [6, 6.07) is 11.3. The van der Waals surface area contributed by atoms with Gasteiger partial charge in [0, 0.05) is 24.8 Å². The van der Waals surface area contributed by atoms with E-state index in [-0.39, 0.29) is 42.9 Å². The van der Waals surface area contributed by atoms with Gasteiger partial charge in [-0.25, -0.2) is 0 Å². The molecule has 166 valence electrons. The van der Waals surface area contributed by atoms with Crippen molar-refractivity contribution in [3.63, 3.8) is 0 Å². The van der Waals surface area contributed by atoms with Gasteiger partial charge in [-0.1, -0.05) is 6.07 Å². The van der Waals surface area contributed by atoms with Gasteiger partial charge >= 0.3 is 5.97 Å². The number of carboxylic acid groups (broad SMARTS) is 1. The Bertz CT molecular complexity index is 1080. The number of fused-ring (bicyclic) bond motifs is 1. The lowest BCUT2D eigenvalue weighted by Gasteiger charge is -2.17. The Balaban J connectivity index is 1.44. The molecule has 2 heterocycles.